The summed E-state index contributed by atoms with van der Waals surface area (Å²) in [7, 11) is 0. The number of ether oxygens (including phenoxy) is 1. The molecule has 0 aliphatic carbocycles. The average molecular weight is 292 g/mol. The SMILES string of the molecule is CCCC1NC(CC(C)C)C(=O)N1CCOCC(F)F. The zero-order valence-corrected chi connectivity index (χ0v) is 12.6. The van der Waals surface area contributed by atoms with E-state index in [0.29, 0.717) is 12.5 Å². The van der Waals surface area contributed by atoms with Gasteiger partial charge in [-0.2, -0.15) is 0 Å². The first kappa shape index (κ1) is 17.3. The van der Waals surface area contributed by atoms with Crippen LogP contribution in [-0.2, 0) is 9.53 Å². The predicted molar refractivity (Wildman–Crippen MR) is 73.6 cm³/mol. The minimum absolute atomic E-state index is 0.00593. The molecule has 0 aromatic carbocycles. The van der Waals surface area contributed by atoms with Crippen LogP contribution >= 0.6 is 0 Å². The largest absolute Gasteiger partial charge is 0.374 e. The van der Waals surface area contributed by atoms with Crippen molar-refractivity contribution >= 4 is 5.91 Å². The second kappa shape index (κ2) is 8.52. The average Bonchev–Trinajstić information content (AvgIpc) is 2.62. The first-order valence-electron chi connectivity index (χ1n) is 7.38. The molecule has 1 saturated heterocycles. The smallest absolute Gasteiger partial charge is 0.261 e. The topological polar surface area (TPSA) is 41.6 Å². The molecule has 2 atom stereocenters. The van der Waals surface area contributed by atoms with E-state index in [-0.39, 0.29) is 24.7 Å². The van der Waals surface area contributed by atoms with Crippen LogP contribution in [0.5, 0.6) is 0 Å². The van der Waals surface area contributed by atoms with Gasteiger partial charge in [-0.15, -0.1) is 0 Å². The number of amides is 1. The van der Waals surface area contributed by atoms with Crippen molar-refractivity contribution in [3.63, 3.8) is 0 Å². The van der Waals surface area contributed by atoms with E-state index in [1.54, 1.807) is 4.90 Å². The van der Waals surface area contributed by atoms with E-state index in [0.717, 1.165) is 19.3 Å². The summed E-state index contributed by atoms with van der Waals surface area (Å²) < 4.78 is 28.9. The van der Waals surface area contributed by atoms with E-state index in [1.165, 1.54) is 0 Å². The Morgan fingerprint density at radius 1 is 1.40 bits per heavy atom. The van der Waals surface area contributed by atoms with Gasteiger partial charge in [0.05, 0.1) is 18.8 Å². The Bertz CT molecular complexity index is 301. The second-order valence-corrected chi connectivity index (χ2v) is 5.65. The molecule has 0 aromatic heterocycles. The summed E-state index contributed by atoms with van der Waals surface area (Å²) in [6, 6.07) is -0.151. The van der Waals surface area contributed by atoms with Gasteiger partial charge in [0.25, 0.3) is 6.43 Å². The highest BCUT2D eigenvalue weighted by Crippen LogP contribution is 2.19. The van der Waals surface area contributed by atoms with Crippen molar-refractivity contribution in [1.82, 2.24) is 10.2 Å². The van der Waals surface area contributed by atoms with Crippen molar-refractivity contribution in [2.75, 3.05) is 19.8 Å². The standard InChI is InChI=1S/C14H26F2N2O2/c1-4-5-13-17-11(8-10(2)3)14(19)18(13)6-7-20-9-12(15)16/h10-13,17H,4-9H2,1-3H3. The summed E-state index contributed by atoms with van der Waals surface area (Å²) in [6.45, 7) is 6.19. The third kappa shape index (κ3) is 5.32. The maximum atomic E-state index is 12.3. The van der Waals surface area contributed by atoms with Gasteiger partial charge in [-0.25, -0.2) is 8.78 Å². The van der Waals surface area contributed by atoms with Gasteiger partial charge in [-0.1, -0.05) is 27.2 Å². The Morgan fingerprint density at radius 3 is 2.65 bits per heavy atom. The number of halogens is 2. The molecule has 0 saturated carbocycles. The highest BCUT2D eigenvalue weighted by atomic mass is 19.3. The number of nitrogens with zero attached hydrogens (tertiary/aromatic N) is 1. The molecule has 1 aliphatic rings. The number of carbonyl (C=O) groups is 1. The molecule has 1 amide bonds. The summed E-state index contributed by atoms with van der Waals surface area (Å²) in [6.07, 6.45) is 0.185. The Hall–Kier alpha value is -0.750. The van der Waals surface area contributed by atoms with Gasteiger partial charge in [0.15, 0.2) is 0 Å². The fourth-order valence-electron chi connectivity index (χ4n) is 2.50. The quantitative estimate of drug-likeness (QED) is 0.663. The van der Waals surface area contributed by atoms with Gasteiger partial charge in [0, 0.05) is 6.54 Å². The van der Waals surface area contributed by atoms with Crippen molar-refractivity contribution in [1.29, 1.82) is 0 Å². The lowest BCUT2D eigenvalue weighted by Crippen LogP contribution is -2.39. The summed E-state index contributed by atoms with van der Waals surface area (Å²) in [5.41, 5.74) is 0. The van der Waals surface area contributed by atoms with E-state index in [4.69, 9.17) is 4.74 Å². The minimum Gasteiger partial charge on any atom is -0.374 e. The maximum absolute atomic E-state index is 12.3. The lowest BCUT2D eigenvalue weighted by atomic mass is 10.0. The van der Waals surface area contributed by atoms with Crippen LogP contribution in [0.3, 0.4) is 0 Å². The molecule has 0 radical (unpaired) electrons. The van der Waals surface area contributed by atoms with Crippen LogP contribution in [0, 0.1) is 5.92 Å². The maximum Gasteiger partial charge on any atom is 0.261 e. The lowest BCUT2D eigenvalue weighted by molar-refractivity contribution is -0.131. The molecule has 20 heavy (non-hydrogen) atoms. The molecular formula is C14H26F2N2O2. The van der Waals surface area contributed by atoms with Gasteiger partial charge < -0.3 is 9.64 Å². The molecule has 1 N–H and O–H groups in total. The zero-order valence-electron chi connectivity index (χ0n) is 12.6. The Labute approximate surface area is 119 Å². The van der Waals surface area contributed by atoms with Crippen LogP contribution in [0.1, 0.15) is 40.0 Å². The molecule has 1 aliphatic heterocycles. The highest BCUT2D eigenvalue weighted by molar-refractivity contribution is 5.84. The van der Waals surface area contributed by atoms with Crippen LogP contribution in [0.25, 0.3) is 0 Å². The molecule has 1 heterocycles. The number of nitrogens with one attached hydrogen (secondary N) is 1. The Balaban J connectivity index is 2.49. The number of carbonyl (C=O) groups excluding carboxylic acids is 1. The van der Waals surface area contributed by atoms with Crippen molar-refractivity contribution in [3.05, 3.63) is 0 Å². The van der Waals surface area contributed by atoms with Gasteiger partial charge >= 0.3 is 0 Å². The molecule has 1 fully saturated rings. The zero-order chi connectivity index (χ0) is 15.1. The molecule has 118 valence electrons. The summed E-state index contributed by atoms with van der Waals surface area (Å²) in [5.74, 6) is 0.506. The van der Waals surface area contributed by atoms with Crippen molar-refractivity contribution in [3.8, 4) is 0 Å². The van der Waals surface area contributed by atoms with E-state index >= 15 is 0 Å². The normalized spacial score (nSPS) is 23.4. The minimum atomic E-state index is -2.46. The monoisotopic (exact) mass is 292 g/mol. The van der Waals surface area contributed by atoms with Crippen molar-refractivity contribution < 1.29 is 18.3 Å². The third-order valence-electron chi connectivity index (χ3n) is 3.34. The van der Waals surface area contributed by atoms with E-state index < -0.39 is 13.0 Å². The van der Waals surface area contributed by atoms with Gasteiger partial charge in [-0.05, 0) is 18.8 Å². The van der Waals surface area contributed by atoms with Gasteiger partial charge in [0.2, 0.25) is 5.91 Å². The fourth-order valence-corrected chi connectivity index (χ4v) is 2.50. The first-order valence-corrected chi connectivity index (χ1v) is 7.38. The van der Waals surface area contributed by atoms with Crippen LogP contribution in [0.2, 0.25) is 0 Å². The molecule has 0 aromatic rings. The van der Waals surface area contributed by atoms with Crippen molar-refractivity contribution in [2.45, 2.75) is 58.7 Å². The molecule has 0 bridgehead atoms. The second-order valence-electron chi connectivity index (χ2n) is 5.65. The molecule has 2 unspecified atom stereocenters. The predicted octanol–water partition coefficient (Wildman–Crippen LogP) is 2.24. The Morgan fingerprint density at radius 2 is 2.10 bits per heavy atom. The number of hydrogen-bond donors (Lipinski definition) is 1. The summed E-state index contributed by atoms with van der Waals surface area (Å²) in [5, 5.41) is 3.35. The number of rotatable bonds is 9. The molecular weight excluding hydrogens is 266 g/mol. The van der Waals surface area contributed by atoms with E-state index in [9.17, 15) is 13.6 Å². The first-order chi connectivity index (χ1) is 9.45. The summed E-state index contributed by atoms with van der Waals surface area (Å²) in [4.78, 5) is 14.1. The molecule has 0 spiro atoms. The van der Waals surface area contributed by atoms with Crippen LogP contribution in [0.15, 0.2) is 0 Å². The van der Waals surface area contributed by atoms with Gasteiger partial charge in [-0.3, -0.25) is 10.1 Å². The highest BCUT2D eigenvalue weighted by Gasteiger charge is 2.37. The molecule has 6 heteroatoms. The number of alkyl halides is 2. The lowest BCUT2D eigenvalue weighted by Gasteiger charge is -2.23. The Kier molecular flexibility index (Phi) is 7.37. The van der Waals surface area contributed by atoms with Gasteiger partial charge in [0.1, 0.15) is 6.61 Å². The van der Waals surface area contributed by atoms with E-state index in [2.05, 4.69) is 26.1 Å². The number of hydrogen-bond acceptors (Lipinski definition) is 3. The van der Waals surface area contributed by atoms with Crippen LogP contribution < -0.4 is 5.32 Å². The van der Waals surface area contributed by atoms with Crippen LogP contribution in [-0.4, -0.2) is 49.2 Å². The third-order valence-corrected chi connectivity index (χ3v) is 3.34. The molecule has 1 rings (SSSR count). The van der Waals surface area contributed by atoms with Crippen LogP contribution in [0.4, 0.5) is 8.78 Å². The molecule has 4 nitrogen and oxygen atoms in total. The fraction of sp³-hybridized carbons (Fsp3) is 0.929. The van der Waals surface area contributed by atoms with E-state index in [1.807, 2.05) is 0 Å². The summed E-state index contributed by atoms with van der Waals surface area (Å²) >= 11 is 0. The van der Waals surface area contributed by atoms with Crippen molar-refractivity contribution in [2.24, 2.45) is 5.92 Å².